The predicted molar refractivity (Wildman–Crippen MR) is 76.9 cm³/mol. The van der Waals surface area contributed by atoms with Crippen LogP contribution in [0.5, 0.6) is 0 Å². The van der Waals surface area contributed by atoms with Crippen LogP contribution in [-0.4, -0.2) is 0 Å². The molecular weight excluding hydrogens is 234 g/mol. The lowest BCUT2D eigenvalue weighted by Crippen LogP contribution is -1.88. The molecule has 0 saturated heterocycles. The minimum Gasteiger partial charge on any atom is -0.0622 e. The summed E-state index contributed by atoms with van der Waals surface area (Å²) in [6.07, 6.45) is 2.27. The first kappa shape index (κ1) is 11.6. The summed E-state index contributed by atoms with van der Waals surface area (Å²) in [5.74, 6) is 0. The molecule has 2 aromatic carbocycles. The lowest BCUT2D eigenvalue weighted by Gasteiger charge is -2.10. The van der Waals surface area contributed by atoms with E-state index in [0.29, 0.717) is 5.69 Å². The van der Waals surface area contributed by atoms with Crippen molar-refractivity contribution in [2.24, 2.45) is 5.11 Å². The van der Waals surface area contributed by atoms with E-state index in [1.807, 2.05) is 42.5 Å². The Morgan fingerprint density at radius 2 is 1.63 bits per heavy atom. The van der Waals surface area contributed by atoms with Crippen LogP contribution in [-0.2, 0) is 0 Å². The highest BCUT2D eigenvalue weighted by atomic mass is 15.1. The van der Waals surface area contributed by atoms with Crippen LogP contribution in [0.4, 0.5) is 5.69 Å². The van der Waals surface area contributed by atoms with Gasteiger partial charge in [0.2, 0.25) is 0 Å². The standard InChI is InChI=1S/C16H13N3/c17-19-18-15-9-5-4-8-14(15)16(13-10-11-13)12-6-2-1-3-7-12/h1-9H,10-11H2. The van der Waals surface area contributed by atoms with Gasteiger partial charge in [0.25, 0.3) is 0 Å². The number of azide groups is 1. The predicted octanol–water partition coefficient (Wildman–Crippen LogP) is 5.22. The normalized spacial score (nSPS) is 12.7. The van der Waals surface area contributed by atoms with Crippen LogP contribution < -0.4 is 0 Å². The Kier molecular flexibility index (Phi) is 3.05. The average Bonchev–Trinajstić information content (AvgIpc) is 3.27. The molecule has 0 atom stereocenters. The maximum absolute atomic E-state index is 8.69. The molecule has 0 aliphatic heterocycles. The Bertz CT molecular complexity index is 674. The van der Waals surface area contributed by atoms with Gasteiger partial charge in [0, 0.05) is 10.6 Å². The molecule has 0 N–H and O–H groups in total. The smallest absolute Gasteiger partial charge is 0.0453 e. The third-order valence-electron chi connectivity index (χ3n) is 3.24. The zero-order chi connectivity index (χ0) is 13.1. The number of hydrogen-bond acceptors (Lipinski definition) is 1. The fourth-order valence-corrected chi connectivity index (χ4v) is 2.29. The van der Waals surface area contributed by atoms with E-state index in [0.717, 1.165) is 18.4 Å². The van der Waals surface area contributed by atoms with Gasteiger partial charge >= 0.3 is 0 Å². The summed E-state index contributed by atoms with van der Waals surface area (Å²) in [6.45, 7) is 0. The van der Waals surface area contributed by atoms with Gasteiger partial charge in [-0.25, -0.2) is 0 Å². The monoisotopic (exact) mass is 247 g/mol. The third-order valence-corrected chi connectivity index (χ3v) is 3.24. The van der Waals surface area contributed by atoms with E-state index in [4.69, 9.17) is 5.53 Å². The first-order chi connectivity index (χ1) is 9.40. The number of rotatable bonds is 3. The third kappa shape index (κ3) is 2.37. The minimum atomic E-state index is 0.697. The van der Waals surface area contributed by atoms with Crippen molar-refractivity contribution in [1.82, 2.24) is 0 Å². The molecule has 0 bridgehead atoms. The largest absolute Gasteiger partial charge is 0.0622 e. The van der Waals surface area contributed by atoms with Gasteiger partial charge in [0.1, 0.15) is 0 Å². The molecule has 92 valence electrons. The fraction of sp³-hybridized carbons (Fsp3) is 0.125. The molecule has 0 aromatic heterocycles. The lowest BCUT2D eigenvalue weighted by atomic mass is 9.95. The lowest BCUT2D eigenvalue weighted by molar-refractivity contribution is 1.43. The second-order valence-electron chi connectivity index (χ2n) is 4.55. The molecule has 0 spiro atoms. The van der Waals surface area contributed by atoms with E-state index in [1.165, 1.54) is 16.7 Å². The van der Waals surface area contributed by atoms with E-state index in [-0.39, 0.29) is 0 Å². The quantitative estimate of drug-likeness (QED) is 0.405. The van der Waals surface area contributed by atoms with Gasteiger partial charge in [-0.15, -0.1) is 0 Å². The fourth-order valence-electron chi connectivity index (χ4n) is 2.29. The summed E-state index contributed by atoms with van der Waals surface area (Å²) in [4.78, 5) is 2.92. The summed E-state index contributed by atoms with van der Waals surface area (Å²) in [5, 5.41) is 3.81. The minimum absolute atomic E-state index is 0.697. The van der Waals surface area contributed by atoms with Gasteiger partial charge in [-0.3, -0.25) is 0 Å². The van der Waals surface area contributed by atoms with Crippen LogP contribution in [0.1, 0.15) is 24.0 Å². The maximum Gasteiger partial charge on any atom is 0.0453 e. The average molecular weight is 247 g/mol. The Morgan fingerprint density at radius 3 is 2.32 bits per heavy atom. The number of hydrogen-bond donors (Lipinski definition) is 0. The first-order valence-corrected chi connectivity index (χ1v) is 6.32. The van der Waals surface area contributed by atoms with Gasteiger partial charge in [-0.05, 0) is 35.1 Å². The van der Waals surface area contributed by atoms with E-state index < -0.39 is 0 Å². The molecule has 1 fully saturated rings. The molecule has 2 aromatic rings. The molecule has 1 aliphatic rings. The van der Waals surface area contributed by atoms with Gasteiger partial charge in [0.15, 0.2) is 0 Å². The molecule has 0 radical (unpaired) electrons. The van der Waals surface area contributed by atoms with Crippen LogP contribution in [0.3, 0.4) is 0 Å². The van der Waals surface area contributed by atoms with E-state index in [2.05, 4.69) is 22.2 Å². The van der Waals surface area contributed by atoms with Crippen LogP contribution in [0.2, 0.25) is 0 Å². The molecule has 3 heteroatoms. The summed E-state index contributed by atoms with van der Waals surface area (Å²) in [6, 6.07) is 18.1. The topological polar surface area (TPSA) is 48.8 Å². The van der Waals surface area contributed by atoms with Crippen LogP contribution in [0.25, 0.3) is 16.0 Å². The molecule has 0 heterocycles. The molecule has 19 heavy (non-hydrogen) atoms. The van der Waals surface area contributed by atoms with Crippen molar-refractivity contribution in [1.29, 1.82) is 0 Å². The maximum atomic E-state index is 8.69. The molecule has 0 amide bonds. The second kappa shape index (κ2) is 5.01. The number of nitrogens with zero attached hydrogens (tertiary/aromatic N) is 3. The Balaban J connectivity index is 2.19. The summed E-state index contributed by atoms with van der Waals surface area (Å²) < 4.78 is 0. The van der Waals surface area contributed by atoms with Crippen molar-refractivity contribution in [3.63, 3.8) is 0 Å². The highest BCUT2D eigenvalue weighted by Crippen LogP contribution is 2.42. The van der Waals surface area contributed by atoms with Crippen LogP contribution in [0, 0.1) is 0 Å². The zero-order valence-electron chi connectivity index (χ0n) is 10.5. The summed E-state index contributed by atoms with van der Waals surface area (Å²) in [5.41, 5.74) is 14.3. The molecule has 0 unspecified atom stereocenters. The van der Waals surface area contributed by atoms with Crippen molar-refractivity contribution in [2.45, 2.75) is 12.8 Å². The number of benzene rings is 2. The number of allylic oxidation sites excluding steroid dienone is 1. The molecule has 3 nitrogen and oxygen atoms in total. The van der Waals surface area contributed by atoms with E-state index in [1.54, 1.807) is 0 Å². The Hall–Kier alpha value is -2.51. The van der Waals surface area contributed by atoms with E-state index in [9.17, 15) is 0 Å². The first-order valence-electron chi connectivity index (χ1n) is 6.32. The second-order valence-corrected chi connectivity index (χ2v) is 4.55. The zero-order valence-corrected chi connectivity index (χ0v) is 10.5. The van der Waals surface area contributed by atoms with Gasteiger partial charge in [0.05, 0.1) is 0 Å². The molecule has 1 aliphatic carbocycles. The van der Waals surface area contributed by atoms with Crippen LogP contribution in [0.15, 0.2) is 65.3 Å². The van der Waals surface area contributed by atoms with Gasteiger partial charge in [-0.2, -0.15) is 0 Å². The Labute approximate surface area is 111 Å². The van der Waals surface area contributed by atoms with Crippen molar-refractivity contribution in [3.8, 4) is 0 Å². The van der Waals surface area contributed by atoms with Crippen molar-refractivity contribution in [3.05, 3.63) is 81.7 Å². The molecular formula is C16H13N3. The molecule has 1 saturated carbocycles. The van der Waals surface area contributed by atoms with Crippen molar-refractivity contribution in [2.75, 3.05) is 0 Å². The molecule has 3 rings (SSSR count). The Morgan fingerprint density at radius 1 is 0.947 bits per heavy atom. The van der Waals surface area contributed by atoms with E-state index >= 15 is 0 Å². The van der Waals surface area contributed by atoms with Crippen molar-refractivity contribution < 1.29 is 0 Å². The highest BCUT2D eigenvalue weighted by Gasteiger charge is 2.21. The van der Waals surface area contributed by atoms with Crippen LogP contribution >= 0.6 is 0 Å². The highest BCUT2D eigenvalue weighted by molar-refractivity contribution is 5.88. The van der Waals surface area contributed by atoms with Gasteiger partial charge in [-0.1, -0.05) is 65.3 Å². The summed E-state index contributed by atoms with van der Waals surface area (Å²) in [7, 11) is 0. The van der Waals surface area contributed by atoms with Gasteiger partial charge < -0.3 is 0 Å². The SMILES string of the molecule is [N-]=[N+]=Nc1ccccc1C(=C1CC1)c1ccccc1. The summed E-state index contributed by atoms with van der Waals surface area (Å²) >= 11 is 0. The van der Waals surface area contributed by atoms with Crippen molar-refractivity contribution >= 4 is 11.3 Å².